The fraction of sp³-hybridized carbons (Fsp3) is 0.167. The molecule has 9 heteroatoms. The minimum absolute atomic E-state index is 0.00572. The van der Waals surface area contributed by atoms with Crippen LogP contribution >= 0.6 is 0 Å². The van der Waals surface area contributed by atoms with Gasteiger partial charge in [-0.05, 0) is 24.6 Å². The van der Waals surface area contributed by atoms with Crippen molar-refractivity contribution in [3.63, 3.8) is 0 Å². The Balaban J connectivity index is 2.11. The molecule has 0 fully saturated rings. The number of hydrazone groups is 1. The number of hydrogen-bond donors (Lipinski definition) is 2. The van der Waals surface area contributed by atoms with E-state index < -0.39 is 17.3 Å². The number of rotatable bonds is 3. The minimum atomic E-state index is -4.41. The third kappa shape index (κ3) is 3.88. The van der Waals surface area contributed by atoms with E-state index in [-0.39, 0.29) is 17.2 Å². The number of nitrogens with one attached hydrogen (secondary N) is 2. The predicted molar refractivity (Wildman–Crippen MR) is 70.1 cm³/mol. The van der Waals surface area contributed by atoms with Gasteiger partial charge in [0.25, 0.3) is 5.56 Å². The first-order chi connectivity index (χ1) is 9.86. The van der Waals surface area contributed by atoms with Gasteiger partial charge in [-0.3, -0.25) is 9.78 Å². The number of aromatic amines is 1. The quantitative estimate of drug-likeness (QED) is 0.670. The zero-order valence-electron chi connectivity index (χ0n) is 10.8. The van der Waals surface area contributed by atoms with E-state index in [1.165, 1.54) is 25.3 Å². The summed E-state index contributed by atoms with van der Waals surface area (Å²) in [4.78, 5) is 13.6. The van der Waals surface area contributed by atoms with E-state index in [0.717, 1.165) is 12.1 Å². The van der Waals surface area contributed by atoms with Crippen molar-refractivity contribution in [3.05, 3.63) is 51.4 Å². The Morgan fingerprint density at radius 3 is 2.76 bits per heavy atom. The number of nitrogens with zero attached hydrogens (tertiary/aromatic N) is 3. The van der Waals surface area contributed by atoms with E-state index in [1.807, 2.05) is 0 Å². The molecule has 0 saturated carbocycles. The predicted octanol–water partition coefficient (Wildman–Crippen LogP) is 1.94. The summed E-state index contributed by atoms with van der Waals surface area (Å²) in [5.41, 5.74) is 1.63. The molecule has 2 rings (SSSR count). The number of halogens is 3. The molecule has 2 aromatic rings. The number of benzene rings is 1. The average Bonchev–Trinajstić information content (AvgIpc) is 2.42. The number of aryl methyl sites for hydroxylation is 1. The molecular weight excluding hydrogens is 287 g/mol. The van der Waals surface area contributed by atoms with Gasteiger partial charge in [0, 0.05) is 0 Å². The van der Waals surface area contributed by atoms with Crippen molar-refractivity contribution in [2.24, 2.45) is 5.10 Å². The number of alkyl halides is 3. The van der Waals surface area contributed by atoms with Gasteiger partial charge < -0.3 is 0 Å². The topological polar surface area (TPSA) is 83.0 Å². The highest BCUT2D eigenvalue weighted by atomic mass is 19.4. The summed E-state index contributed by atoms with van der Waals surface area (Å²) in [5, 5.41) is 10.9. The molecule has 1 heterocycles. The molecule has 6 nitrogen and oxygen atoms in total. The number of hydrogen-bond acceptors (Lipinski definition) is 5. The van der Waals surface area contributed by atoms with E-state index in [4.69, 9.17) is 0 Å². The lowest BCUT2D eigenvalue weighted by Gasteiger charge is -2.06. The SMILES string of the molecule is Cc1nnc(NN=Cc2cccc(C(F)(F)F)c2)[nH]c1=O. The van der Waals surface area contributed by atoms with Gasteiger partial charge in [0.1, 0.15) is 5.69 Å². The first kappa shape index (κ1) is 14.7. The van der Waals surface area contributed by atoms with Crippen LogP contribution in [0.4, 0.5) is 19.1 Å². The molecule has 1 aromatic carbocycles. The summed E-state index contributed by atoms with van der Waals surface area (Å²) >= 11 is 0. The molecule has 0 radical (unpaired) electrons. The largest absolute Gasteiger partial charge is 0.416 e. The second-order valence-electron chi connectivity index (χ2n) is 4.08. The minimum Gasteiger partial charge on any atom is -0.288 e. The molecule has 2 N–H and O–H groups in total. The summed E-state index contributed by atoms with van der Waals surface area (Å²) in [7, 11) is 0. The summed E-state index contributed by atoms with van der Waals surface area (Å²) in [6.45, 7) is 1.49. The van der Waals surface area contributed by atoms with E-state index >= 15 is 0 Å². The Labute approximate surface area is 116 Å². The monoisotopic (exact) mass is 297 g/mol. The Morgan fingerprint density at radius 2 is 2.10 bits per heavy atom. The molecule has 0 amide bonds. The molecule has 0 saturated heterocycles. The van der Waals surface area contributed by atoms with Crippen LogP contribution in [0, 0.1) is 6.92 Å². The fourth-order valence-electron chi connectivity index (χ4n) is 1.41. The van der Waals surface area contributed by atoms with Gasteiger partial charge in [-0.25, -0.2) is 5.43 Å². The van der Waals surface area contributed by atoms with Crippen LogP contribution in [0.1, 0.15) is 16.8 Å². The van der Waals surface area contributed by atoms with Crippen LogP contribution in [-0.4, -0.2) is 21.4 Å². The highest BCUT2D eigenvalue weighted by Crippen LogP contribution is 2.29. The Hall–Kier alpha value is -2.71. The summed E-state index contributed by atoms with van der Waals surface area (Å²) in [6.07, 6.45) is -3.24. The van der Waals surface area contributed by atoms with Crippen molar-refractivity contribution in [1.82, 2.24) is 15.2 Å². The van der Waals surface area contributed by atoms with Crippen LogP contribution in [0.2, 0.25) is 0 Å². The van der Waals surface area contributed by atoms with Crippen LogP contribution in [-0.2, 0) is 6.18 Å². The van der Waals surface area contributed by atoms with Gasteiger partial charge in [0.15, 0.2) is 0 Å². The van der Waals surface area contributed by atoms with E-state index in [0.29, 0.717) is 0 Å². The molecule has 110 valence electrons. The lowest BCUT2D eigenvalue weighted by Crippen LogP contribution is -2.15. The second-order valence-corrected chi connectivity index (χ2v) is 4.08. The van der Waals surface area contributed by atoms with Crippen LogP contribution in [0.15, 0.2) is 34.2 Å². The first-order valence-electron chi connectivity index (χ1n) is 5.76. The Kier molecular flexibility index (Phi) is 4.01. The van der Waals surface area contributed by atoms with Gasteiger partial charge in [-0.15, -0.1) is 10.2 Å². The maximum atomic E-state index is 12.5. The Morgan fingerprint density at radius 1 is 1.33 bits per heavy atom. The zero-order chi connectivity index (χ0) is 15.5. The highest BCUT2D eigenvalue weighted by Gasteiger charge is 2.30. The van der Waals surface area contributed by atoms with Crippen molar-refractivity contribution in [3.8, 4) is 0 Å². The molecule has 0 bridgehead atoms. The lowest BCUT2D eigenvalue weighted by atomic mass is 10.1. The molecule has 0 aliphatic rings. The standard InChI is InChI=1S/C12H10F3N5O/c1-7-10(21)17-11(20-18-7)19-16-6-8-3-2-4-9(5-8)12(13,14)15/h2-6H,1H3,(H2,17,19,20,21). The van der Waals surface area contributed by atoms with Gasteiger partial charge >= 0.3 is 6.18 Å². The van der Waals surface area contributed by atoms with Gasteiger partial charge in [-0.2, -0.15) is 18.3 Å². The van der Waals surface area contributed by atoms with Gasteiger partial charge in [-0.1, -0.05) is 12.1 Å². The maximum Gasteiger partial charge on any atom is 0.416 e. The van der Waals surface area contributed by atoms with E-state index in [9.17, 15) is 18.0 Å². The first-order valence-corrected chi connectivity index (χ1v) is 5.76. The van der Waals surface area contributed by atoms with Gasteiger partial charge in [0.2, 0.25) is 5.95 Å². The highest BCUT2D eigenvalue weighted by molar-refractivity contribution is 5.80. The molecule has 0 unspecified atom stereocenters. The van der Waals surface area contributed by atoms with Crippen LogP contribution in [0.5, 0.6) is 0 Å². The average molecular weight is 297 g/mol. The fourth-order valence-corrected chi connectivity index (χ4v) is 1.41. The summed E-state index contributed by atoms with van der Waals surface area (Å²) in [5.74, 6) is -0.00572. The molecule has 0 spiro atoms. The van der Waals surface area contributed by atoms with Crippen LogP contribution < -0.4 is 11.0 Å². The van der Waals surface area contributed by atoms with Crippen molar-refractivity contribution < 1.29 is 13.2 Å². The number of H-pyrrole nitrogens is 1. The van der Waals surface area contributed by atoms with Gasteiger partial charge in [0.05, 0.1) is 11.8 Å². The number of anilines is 1. The molecule has 0 aliphatic heterocycles. The lowest BCUT2D eigenvalue weighted by molar-refractivity contribution is -0.137. The van der Waals surface area contributed by atoms with Crippen molar-refractivity contribution in [1.29, 1.82) is 0 Å². The third-order valence-electron chi connectivity index (χ3n) is 2.46. The van der Waals surface area contributed by atoms with E-state index in [2.05, 4.69) is 25.7 Å². The molecule has 0 atom stereocenters. The third-order valence-corrected chi connectivity index (χ3v) is 2.46. The van der Waals surface area contributed by atoms with E-state index in [1.54, 1.807) is 0 Å². The smallest absolute Gasteiger partial charge is 0.288 e. The summed E-state index contributed by atoms with van der Waals surface area (Å²) < 4.78 is 37.6. The second kappa shape index (κ2) is 5.73. The van der Waals surface area contributed by atoms with Crippen LogP contribution in [0.25, 0.3) is 0 Å². The molecule has 21 heavy (non-hydrogen) atoms. The zero-order valence-corrected chi connectivity index (χ0v) is 10.8. The van der Waals surface area contributed by atoms with Crippen molar-refractivity contribution >= 4 is 12.2 Å². The summed E-state index contributed by atoms with van der Waals surface area (Å²) in [6, 6.07) is 4.66. The normalized spacial score (nSPS) is 11.8. The maximum absolute atomic E-state index is 12.5. The Bertz CT molecular complexity index is 723. The van der Waals surface area contributed by atoms with Crippen molar-refractivity contribution in [2.45, 2.75) is 13.1 Å². The molecule has 0 aliphatic carbocycles. The van der Waals surface area contributed by atoms with Crippen LogP contribution in [0.3, 0.4) is 0 Å². The number of aromatic nitrogens is 3. The molecule has 1 aromatic heterocycles. The molecular formula is C12H10F3N5O. The van der Waals surface area contributed by atoms with Crippen molar-refractivity contribution in [2.75, 3.05) is 5.43 Å².